The van der Waals surface area contributed by atoms with Crippen LogP contribution in [0.4, 0.5) is 10.5 Å². The number of methoxy groups -OCH3 is 3. The van der Waals surface area contributed by atoms with Crippen molar-refractivity contribution in [1.82, 2.24) is 14.7 Å². The molecule has 3 aromatic rings. The zero-order valence-corrected chi connectivity index (χ0v) is 29.8. The van der Waals surface area contributed by atoms with Crippen LogP contribution in [-0.2, 0) is 31.6 Å². The van der Waals surface area contributed by atoms with Crippen molar-refractivity contribution in [3.8, 4) is 17.2 Å². The molecule has 0 spiro atoms. The monoisotopic (exact) mass is 712 g/mol. The molecule has 3 heterocycles. The molecule has 0 saturated carbocycles. The van der Waals surface area contributed by atoms with Gasteiger partial charge in [-0.3, -0.25) is 9.69 Å². The molecule has 49 heavy (non-hydrogen) atoms. The van der Waals surface area contributed by atoms with Gasteiger partial charge in [0.05, 0.1) is 27.0 Å². The van der Waals surface area contributed by atoms with E-state index in [0.29, 0.717) is 53.6 Å². The molecule has 3 aliphatic heterocycles. The number of likely N-dealkylation sites (tertiary alicyclic amines) is 2. The van der Waals surface area contributed by atoms with Crippen LogP contribution in [0.15, 0.2) is 59.5 Å². The summed E-state index contributed by atoms with van der Waals surface area (Å²) in [6.07, 6.45) is 1.73. The van der Waals surface area contributed by atoms with Gasteiger partial charge in [0.15, 0.2) is 11.8 Å². The molecule has 6 rings (SSSR count). The number of hydrogen-bond donors (Lipinski definition) is 0. The van der Waals surface area contributed by atoms with Gasteiger partial charge in [-0.25, -0.2) is 22.4 Å². The Hall–Kier alpha value is -4.04. The molecule has 14 heteroatoms. The van der Waals surface area contributed by atoms with Crippen LogP contribution < -0.4 is 18.5 Å². The van der Waals surface area contributed by atoms with E-state index in [1.165, 1.54) is 50.5 Å². The maximum Gasteiger partial charge on any atom is 0.410 e. The molecule has 2 atom stereocenters. The summed E-state index contributed by atoms with van der Waals surface area (Å²) in [6, 6.07) is 14.7. The highest BCUT2D eigenvalue weighted by atomic mass is 35.5. The number of fused-ring (bicyclic) bond motifs is 1. The molecule has 3 aromatic carbocycles. The van der Waals surface area contributed by atoms with Gasteiger partial charge in [0.25, 0.3) is 15.9 Å². The maximum absolute atomic E-state index is 15.6. The lowest BCUT2D eigenvalue weighted by molar-refractivity contribution is -0.132. The summed E-state index contributed by atoms with van der Waals surface area (Å²) in [5, 5.41) is 0.297. The van der Waals surface area contributed by atoms with Crippen LogP contribution in [0.2, 0.25) is 5.02 Å². The summed E-state index contributed by atoms with van der Waals surface area (Å²) in [6.45, 7) is 2.85. The van der Waals surface area contributed by atoms with Gasteiger partial charge in [-0.15, -0.1) is 0 Å². The lowest BCUT2D eigenvalue weighted by atomic mass is 9.80. The Morgan fingerprint density at radius 2 is 1.63 bits per heavy atom. The van der Waals surface area contributed by atoms with E-state index >= 15 is 4.79 Å². The fraction of sp³-hybridized carbons (Fsp3) is 0.429. The Morgan fingerprint density at radius 1 is 0.898 bits per heavy atom. The Bertz CT molecular complexity index is 1870. The van der Waals surface area contributed by atoms with E-state index in [1.54, 1.807) is 37.2 Å². The predicted molar refractivity (Wildman–Crippen MR) is 184 cm³/mol. The minimum Gasteiger partial charge on any atom is -0.497 e. The molecule has 0 aromatic heterocycles. The van der Waals surface area contributed by atoms with E-state index in [0.717, 1.165) is 35.8 Å². The fourth-order valence-electron chi connectivity index (χ4n) is 7.16. The molecule has 0 bridgehead atoms. The average molecular weight is 713 g/mol. The number of hydrogen-bond acceptors (Lipinski definition) is 10. The Kier molecular flexibility index (Phi) is 9.73. The molecule has 2 amide bonds. The topological polar surface area (TPSA) is 118 Å². The van der Waals surface area contributed by atoms with Crippen molar-refractivity contribution in [2.75, 3.05) is 59.4 Å². The molecule has 2 saturated heterocycles. The van der Waals surface area contributed by atoms with Gasteiger partial charge in [-0.05, 0) is 86.8 Å². The van der Waals surface area contributed by atoms with Gasteiger partial charge in [0.1, 0.15) is 22.1 Å². The highest BCUT2D eigenvalue weighted by Crippen LogP contribution is 2.55. The molecule has 12 nitrogen and oxygen atoms in total. The molecule has 1 unspecified atom stereocenters. The number of benzene rings is 3. The minimum absolute atomic E-state index is 0.00400. The van der Waals surface area contributed by atoms with Gasteiger partial charge in [0, 0.05) is 49.4 Å². The maximum atomic E-state index is 15.6. The van der Waals surface area contributed by atoms with E-state index in [4.69, 9.17) is 30.5 Å². The van der Waals surface area contributed by atoms with Crippen molar-refractivity contribution in [3.63, 3.8) is 0 Å². The third kappa shape index (κ3) is 5.96. The van der Waals surface area contributed by atoms with E-state index in [-0.39, 0.29) is 16.3 Å². The number of amides is 2. The van der Waals surface area contributed by atoms with Gasteiger partial charge >= 0.3 is 6.09 Å². The summed E-state index contributed by atoms with van der Waals surface area (Å²) in [5.41, 5.74) is -0.0398. The standard InChI is InChI=1S/C35H41ClN4O8S/c1-37(2)34(42)48-32-9-8-18-39(32)35(27-19-23(10-14-29(27)46-4)22-38-16-6-7-17-38)26-20-24(36)11-13-28(26)40(33(35)41)49(43,44)31-15-12-25(45-3)21-30(31)47-5/h10-15,19-21,32H,6-9,16-18,22H2,1-5H3/t32-,35?/m0/s1. The summed E-state index contributed by atoms with van der Waals surface area (Å²) in [7, 11) is 2.85. The third-order valence-electron chi connectivity index (χ3n) is 9.44. The molecular formula is C35H41ClN4O8S. The number of halogens is 1. The van der Waals surface area contributed by atoms with Gasteiger partial charge in [0.2, 0.25) is 0 Å². The van der Waals surface area contributed by atoms with E-state index in [1.807, 2.05) is 12.1 Å². The number of rotatable bonds is 10. The number of carbonyl (C=O) groups excluding carboxylic acids is 2. The third-order valence-corrected chi connectivity index (χ3v) is 11.4. The fourth-order valence-corrected chi connectivity index (χ4v) is 8.94. The molecule has 262 valence electrons. The van der Waals surface area contributed by atoms with Crippen LogP contribution in [0.3, 0.4) is 0 Å². The lowest BCUT2D eigenvalue weighted by Gasteiger charge is -2.41. The molecule has 0 radical (unpaired) electrons. The first kappa shape index (κ1) is 34.8. The first-order valence-corrected chi connectivity index (χ1v) is 18.0. The van der Waals surface area contributed by atoms with Crippen LogP contribution in [0.1, 0.15) is 42.4 Å². The number of sulfonamides is 1. The first-order chi connectivity index (χ1) is 23.5. The average Bonchev–Trinajstić information content (AvgIpc) is 3.83. The molecule has 3 aliphatic rings. The van der Waals surface area contributed by atoms with Crippen molar-refractivity contribution >= 4 is 39.3 Å². The predicted octanol–water partition coefficient (Wildman–Crippen LogP) is 5.06. The smallest absolute Gasteiger partial charge is 0.410 e. The molecule has 2 fully saturated rings. The van der Waals surface area contributed by atoms with Crippen molar-refractivity contribution in [2.24, 2.45) is 0 Å². The van der Waals surface area contributed by atoms with Crippen LogP contribution in [0.5, 0.6) is 17.2 Å². The van der Waals surface area contributed by atoms with Crippen molar-refractivity contribution in [2.45, 2.75) is 48.9 Å². The van der Waals surface area contributed by atoms with Gasteiger partial charge in [-0.2, -0.15) is 0 Å². The highest BCUT2D eigenvalue weighted by molar-refractivity contribution is 7.93. The second-order valence-corrected chi connectivity index (χ2v) is 14.7. The van der Waals surface area contributed by atoms with Crippen molar-refractivity contribution in [3.05, 3.63) is 76.3 Å². The number of nitrogens with zero attached hydrogens (tertiary/aromatic N) is 4. The Morgan fingerprint density at radius 3 is 2.31 bits per heavy atom. The summed E-state index contributed by atoms with van der Waals surface area (Å²) in [5.74, 6) is -0.0288. The second-order valence-electron chi connectivity index (χ2n) is 12.5. The molecular weight excluding hydrogens is 672 g/mol. The summed E-state index contributed by atoms with van der Waals surface area (Å²) >= 11 is 6.67. The normalized spacial score (nSPS) is 21.1. The number of anilines is 1. The van der Waals surface area contributed by atoms with Gasteiger partial charge in [-0.1, -0.05) is 17.7 Å². The summed E-state index contributed by atoms with van der Waals surface area (Å²) < 4.78 is 53.2. The van der Waals surface area contributed by atoms with Crippen molar-refractivity contribution in [1.29, 1.82) is 0 Å². The van der Waals surface area contributed by atoms with Gasteiger partial charge < -0.3 is 23.8 Å². The number of ether oxygens (including phenoxy) is 4. The lowest BCUT2D eigenvalue weighted by Crippen LogP contribution is -2.57. The molecule has 0 aliphatic carbocycles. The quantitative estimate of drug-likeness (QED) is 0.282. The van der Waals surface area contributed by atoms with E-state index < -0.39 is 33.8 Å². The SMILES string of the molecule is COc1ccc(S(=O)(=O)N2C(=O)C(c3cc(CN4CCCC4)ccc3OC)(N3CCC[C@@H]3OC(=O)N(C)C)c3cc(Cl)ccc32)c(OC)c1. The second kappa shape index (κ2) is 13.7. The zero-order chi connectivity index (χ0) is 35.1. The Balaban J connectivity index is 1.63. The Labute approximate surface area is 292 Å². The zero-order valence-electron chi connectivity index (χ0n) is 28.3. The number of carbonyl (C=O) groups is 2. The molecule has 0 N–H and O–H groups in total. The first-order valence-electron chi connectivity index (χ1n) is 16.1. The van der Waals surface area contributed by atoms with E-state index in [9.17, 15) is 13.2 Å². The van der Waals surface area contributed by atoms with Crippen molar-refractivity contribution < 1.29 is 37.0 Å². The summed E-state index contributed by atoms with van der Waals surface area (Å²) in [4.78, 5) is 33.8. The van der Waals surface area contributed by atoms with Crippen LogP contribution in [0.25, 0.3) is 0 Å². The largest absolute Gasteiger partial charge is 0.497 e. The van der Waals surface area contributed by atoms with Crippen LogP contribution in [-0.4, -0.2) is 96.4 Å². The van der Waals surface area contributed by atoms with Crippen LogP contribution in [0, 0.1) is 0 Å². The minimum atomic E-state index is -4.62. The van der Waals surface area contributed by atoms with Crippen LogP contribution >= 0.6 is 11.6 Å². The highest BCUT2D eigenvalue weighted by Gasteiger charge is 2.63. The van der Waals surface area contributed by atoms with E-state index in [2.05, 4.69) is 4.90 Å².